The van der Waals surface area contributed by atoms with E-state index < -0.39 is 57.5 Å². The summed E-state index contributed by atoms with van der Waals surface area (Å²) in [4.78, 5) is 79.5. The number of nitrogens with one attached hydrogen (secondary N) is 2. The fraction of sp³-hybridized carbons (Fsp3) is 0.478. The molecule has 0 bridgehead atoms. The number of rotatable bonds is 8. The number of carbonyl (C=O) groups excluding carboxylic acids is 5. The van der Waals surface area contributed by atoms with Crippen LogP contribution in [0.3, 0.4) is 0 Å². The van der Waals surface area contributed by atoms with Gasteiger partial charge in [0.15, 0.2) is 0 Å². The van der Waals surface area contributed by atoms with Crippen molar-refractivity contribution in [1.82, 2.24) is 25.3 Å². The lowest BCUT2D eigenvalue weighted by Crippen LogP contribution is -2.81. The third-order valence-corrected chi connectivity index (χ3v) is 8.56. The second kappa shape index (κ2) is 9.12. The van der Waals surface area contributed by atoms with Gasteiger partial charge in [0.05, 0.1) is 4.75 Å². The number of carboxylic acids is 1. The monoisotopic (exact) mass is 517 g/mol. The Labute approximate surface area is 211 Å². The van der Waals surface area contributed by atoms with Crippen LogP contribution in [-0.4, -0.2) is 97.3 Å². The van der Waals surface area contributed by atoms with Crippen molar-refractivity contribution in [2.75, 3.05) is 19.6 Å². The molecule has 4 atom stereocenters. The minimum Gasteiger partial charge on any atom is -0.478 e. The van der Waals surface area contributed by atoms with E-state index in [0.717, 1.165) is 16.7 Å². The summed E-state index contributed by atoms with van der Waals surface area (Å²) < 4.78 is -1.23. The molecule has 3 aliphatic rings. The summed E-state index contributed by atoms with van der Waals surface area (Å²) in [5.74, 6) is -4.47. The minimum absolute atomic E-state index is 0.145. The molecular weight excluding hydrogens is 490 g/mol. The largest absolute Gasteiger partial charge is 0.478 e. The van der Waals surface area contributed by atoms with E-state index in [1.54, 1.807) is 51.1 Å². The maximum absolute atomic E-state index is 13.4. The Hall–Kier alpha value is -3.61. The molecule has 1 aromatic carbocycles. The summed E-state index contributed by atoms with van der Waals surface area (Å²) in [5.41, 5.74) is -1.74. The zero-order valence-corrected chi connectivity index (χ0v) is 20.8. The van der Waals surface area contributed by atoms with E-state index in [-0.39, 0.29) is 13.1 Å². The molecule has 3 heterocycles. The molecule has 3 aliphatic heterocycles. The van der Waals surface area contributed by atoms with Gasteiger partial charge in [-0.15, -0.1) is 11.8 Å². The number of amides is 5. The Morgan fingerprint density at radius 2 is 1.83 bits per heavy atom. The smallest absolute Gasteiger partial charge is 0.352 e. The van der Waals surface area contributed by atoms with E-state index in [2.05, 4.69) is 10.6 Å². The number of carboxylic acid groups (broad SMARTS) is 1. The van der Waals surface area contributed by atoms with Gasteiger partial charge in [0.2, 0.25) is 18.0 Å². The Balaban J connectivity index is 1.65. The lowest BCUT2D eigenvalue weighted by Gasteiger charge is -2.53. The van der Waals surface area contributed by atoms with Gasteiger partial charge in [-0.25, -0.2) is 4.79 Å². The zero-order chi connectivity index (χ0) is 26.4. The predicted molar refractivity (Wildman–Crippen MR) is 127 cm³/mol. The van der Waals surface area contributed by atoms with Gasteiger partial charge >= 0.3 is 17.8 Å². The Morgan fingerprint density at radius 3 is 2.42 bits per heavy atom. The standard InChI is InChI=1S/C23H27N5O7S/c1-4-26-10-11-27(19(33)18(26)32)15-17(31)28-20(15)36-22(2,3)23(28,21(34)35)25-16(30)14(24-12-29)13-8-6-5-7-9-13/h5-9,12,14-15,20H,4,10-11H2,1-3H3,(H,24,29)(H,25,30)(H,34,35)/t14?,15-,20+,23-/m0/s1. The molecule has 0 spiro atoms. The van der Waals surface area contributed by atoms with Crippen LogP contribution >= 0.6 is 11.8 Å². The molecule has 13 heteroatoms. The minimum atomic E-state index is -2.16. The third-order valence-electron chi connectivity index (χ3n) is 6.97. The van der Waals surface area contributed by atoms with Crippen LogP contribution in [0, 0.1) is 0 Å². The molecule has 4 rings (SSSR count). The summed E-state index contributed by atoms with van der Waals surface area (Å²) in [7, 11) is 0. The number of β-lactam (4-membered cyclic amide) rings is 1. The van der Waals surface area contributed by atoms with Crippen LogP contribution in [0.2, 0.25) is 0 Å². The summed E-state index contributed by atoms with van der Waals surface area (Å²) >= 11 is 1.13. The number of aliphatic carboxylic acids is 1. The maximum Gasteiger partial charge on any atom is 0.352 e. The van der Waals surface area contributed by atoms with Gasteiger partial charge in [-0.2, -0.15) is 0 Å². The number of benzene rings is 1. The predicted octanol–water partition coefficient (Wildman–Crippen LogP) is -0.876. The number of fused-ring (bicyclic) bond motifs is 1. The van der Waals surface area contributed by atoms with Crippen molar-refractivity contribution < 1.29 is 33.9 Å². The molecule has 1 aromatic rings. The summed E-state index contributed by atoms with van der Waals surface area (Å²) in [6, 6.07) is 6.05. The van der Waals surface area contributed by atoms with Gasteiger partial charge in [0, 0.05) is 19.6 Å². The first-order valence-electron chi connectivity index (χ1n) is 11.4. The number of carbonyl (C=O) groups is 6. The number of hydrogen-bond acceptors (Lipinski definition) is 7. The molecule has 36 heavy (non-hydrogen) atoms. The van der Waals surface area contributed by atoms with E-state index in [1.807, 2.05) is 0 Å². The van der Waals surface area contributed by atoms with Gasteiger partial charge in [-0.3, -0.25) is 28.9 Å². The molecule has 0 saturated carbocycles. The Morgan fingerprint density at radius 1 is 1.17 bits per heavy atom. The molecule has 0 aliphatic carbocycles. The number of thioether (sulfide) groups is 1. The van der Waals surface area contributed by atoms with Gasteiger partial charge in [-0.05, 0) is 26.3 Å². The number of hydrogen-bond donors (Lipinski definition) is 3. The van der Waals surface area contributed by atoms with Crippen LogP contribution in [0.1, 0.15) is 32.4 Å². The van der Waals surface area contributed by atoms with Crippen LogP contribution in [0.4, 0.5) is 0 Å². The quantitative estimate of drug-likeness (QED) is 0.228. The molecular formula is C23H27N5O7S. The zero-order valence-electron chi connectivity index (χ0n) is 20.0. The summed E-state index contributed by atoms with van der Waals surface area (Å²) in [6.45, 7) is 5.69. The molecule has 3 saturated heterocycles. The maximum atomic E-state index is 13.4. The van der Waals surface area contributed by atoms with Crippen molar-refractivity contribution in [1.29, 1.82) is 0 Å². The normalized spacial score (nSPS) is 27.8. The highest BCUT2D eigenvalue weighted by atomic mass is 32.2. The summed E-state index contributed by atoms with van der Waals surface area (Å²) in [5, 5.41) is 14.5. The molecule has 1 unspecified atom stereocenters. The molecule has 0 aromatic heterocycles. The first kappa shape index (κ1) is 25.5. The van der Waals surface area contributed by atoms with Crippen molar-refractivity contribution >= 4 is 47.8 Å². The van der Waals surface area contributed by atoms with Gasteiger partial charge < -0.3 is 25.5 Å². The van der Waals surface area contributed by atoms with E-state index in [0.29, 0.717) is 18.5 Å². The molecule has 5 amide bonds. The van der Waals surface area contributed by atoms with Crippen LogP contribution in [0.25, 0.3) is 0 Å². The highest BCUT2D eigenvalue weighted by molar-refractivity contribution is 8.01. The van der Waals surface area contributed by atoms with E-state index in [1.165, 1.54) is 9.80 Å². The van der Waals surface area contributed by atoms with Crippen LogP contribution in [0.15, 0.2) is 30.3 Å². The Kier molecular flexibility index (Phi) is 6.45. The SMILES string of the molecule is CCN1CCN([C@H]2C(=O)N3[C@@H]2SC(C)(C)[C@]3(NC(=O)C(NC=O)c2ccccc2)C(=O)O)C(=O)C1=O. The van der Waals surface area contributed by atoms with Crippen molar-refractivity contribution in [2.24, 2.45) is 0 Å². The molecule has 3 N–H and O–H groups in total. The molecule has 12 nitrogen and oxygen atoms in total. The second-order valence-corrected chi connectivity index (χ2v) is 10.9. The number of nitrogens with zero attached hydrogens (tertiary/aromatic N) is 3. The second-order valence-electron chi connectivity index (χ2n) is 9.19. The number of piperazine rings is 1. The van der Waals surface area contributed by atoms with Crippen LogP contribution in [0.5, 0.6) is 0 Å². The molecule has 192 valence electrons. The van der Waals surface area contributed by atoms with E-state index in [4.69, 9.17) is 0 Å². The average Bonchev–Trinajstić information content (AvgIpc) is 3.05. The Bertz CT molecular complexity index is 1130. The fourth-order valence-corrected chi connectivity index (χ4v) is 6.83. The topological polar surface area (TPSA) is 156 Å². The van der Waals surface area contributed by atoms with Crippen molar-refractivity contribution in [3.05, 3.63) is 35.9 Å². The number of likely N-dealkylation sites (N-methyl/N-ethyl adjacent to an activating group) is 1. The van der Waals surface area contributed by atoms with Gasteiger partial charge in [0.1, 0.15) is 17.5 Å². The lowest BCUT2D eigenvalue weighted by molar-refractivity contribution is -0.185. The summed E-state index contributed by atoms with van der Waals surface area (Å²) in [6.07, 6.45) is 0.339. The van der Waals surface area contributed by atoms with E-state index >= 15 is 0 Å². The molecule has 0 radical (unpaired) electrons. The van der Waals surface area contributed by atoms with Crippen LogP contribution < -0.4 is 10.6 Å². The van der Waals surface area contributed by atoms with Crippen molar-refractivity contribution in [3.8, 4) is 0 Å². The highest BCUT2D eigenvalue weighted by Crippen LogP contribution is 2.57. The molecule has 3 fully saturated rings. The fourth-order valence-electron chi connectivity index (χ4n) is 5.06. The first-order chi connectivity index (χ1) is 17.0. The van der Waals surface area contributed by atoms with Crippen molar-refractivity contribution in [2.45, 2.75) is 48.6 Å². The van der Waals surface area contributed by atoms with Gasteiger partial charge in [0.25, 0.3) is 5.91 Å². The van der Waals surface area contributed by atoms with Gasteiger partial charge in [-0.1, -0.05) is 30.3 Å². The third kappa shape index (κ3) is 3.60. The van der Waals surface area contributed by atoms with Crippen LogP contribution in [-0.2, 0) is 28.8 Å². The van der Waals surface area contributed by atoms with Crippen molar-refractivity contribution in [3.63, 3.8) is 0 Å². The first-order valence-corrected chi connectivity index (χ1v) is 12.3. The lowest BCUT2D eigenvalue weighted by atomic mass is 9.87. The van der Waals surface area contributed by atoms with E-state index in [9.17, 15) is 33.9 Å². The highest BCUT2D eigenvalue weighted by Gasteiger charge is 2.75. The average molecular weight is 518 g/mol.